The Balaban J connectivity index is 2.00. The predicted molar refractivity (Wildman–Crippen MR) is 78.2 cm³/mol. The van der Waals surface area contributed by atoms with Crippen molar-refractivity contribution < 1.29 is 9.47 Å². The Bertz CT molecular complexity index is 762. The molecule has 0 aliphatic rings. The fraction of sp³-hybridized carbons (Fsp3) is 0.143. The zero-order valence-corrected chi connectivity index (χ0v) is 11.7. The first-order valence-corrected chi connectivity index (χ1v) is 6.30. The molecule has 0 saturated heterocycles. The molecular formula is C14H15N5O2. The molecule has 1 aromatic carbocycles. The highest BCUT2D eigenvalue weighted by atomic mass is 16.5. The summed E-state index contributed by atoms with van der Waals surface area (Å²) in [5.41, 5.74) is 7.24. The van der Waals surface area contributed by atoms with Crippen LogP contribution in [0.1, 0.15) is 0 Å². The number of hydrogen-bond acceptors (Lipinski definition) is 5. The third-order valence-corrected chi connectivity index (χ3v) is 3.08. The van der Waals surface area contributed by atoms with Crippen molar-refractivity contribution in [2.75, 3.05) is 20.0 Å². The fourth-order valence-corrected chi connectivity index (χ4v) is 2.02. The lowest BCUT2D eigenvalue weighted by atomic mass is 10.2. The molecule has 3 aromatic rings. The maximum absolute atomic E-state index is 5.62. The number of hydrogen-bond donors (Lipinski definition) is 1. The van der Waals surface area contributed by atoms with E-state index in [2.05, 4.69) is 10.2 Å². The van der Waals surface area contributed by atoms with Crippen LogP contribution in [0.4, 0.5) is 5.82 Å². The van der Waals surface area contributed by atoms with Crippen molar-refractivity contribution in [2.45, 2.75) is 0 Å². The first kappa shape index (κ1) is 13.0. The Kier molecular flexibility index (Phi) is 3.23. The average molecular weight is 285 g/mol. The number of aromatic nitrogens is 4. The second-order valence-electron chi connectivity index (χ2n) is 4.37. The third kappa shape index (κ3) is 2.40. The largest absolute Gasteiger partial charge is 0.497 e. The quantitative estimate of drug-likeness (QED) is 0.788. The van der Waals surface area contributed by atoms with Crippen LogP contribution in [0.3, 0.4) is 0 Å². The normalized spacial score (nSPS) is 10.6. The van der Waals surface area contributed by atoms with E-state index in [0.717, 1.165) is 17.1 Å². The van der Waals surface area contributed by atoms with E-state index < -0.39 is 0 Å². The molecule has 2 aromatic heterocycles. The number of ether oxygens (including phenoxy) is 2. The van der Waals surface area contributed by atoms with Crippen LogP contribution >= 0.6 is 0 Å². The summed E-state index contributed by atoms with van der Waals surface area (Å²) >= 11 is 0. The van der Waals surface area contributed by atoms with Gasteiger partial charge in [-0.05, 0) is 12.1 Å². The van der Waals surface area contributed by atoms with Crippen LogP contribution in [0, 0.1) is 0 Å². The van der Waals surface area contributed by atoms with E-state index in [9.17, 15) is 0 Å². The smallest absolute Gasteiger partial charge is 0.148 e. The van der Waals surface area contributed by atoms with Crippen LogP contribution in [0.5, 0.6) is 11.5 Å². The predicted octanol–water partition coefficient (Wildman–Crippen LogP) is 1.66. The summed E-state index contributed by atoms with van der Waals surface area (Å²) in [4.78, 5) is 0. The average Bonchev–Trinajstić information content (AvgIpc) is 3.15. The van der Waals surface area contributed by atoms with E-state index in [1.807, 2.05) is 24.4 Å². The molecule has 7 nitrogen and oxygen atoms in total. The molecule has 3 rings (SSSR count). The SMILES string of the molecule is COc1ccc(-n2cc(-n3ccc(N)n3)cn2)c(OC)c1. The van der Waals surface area contributed by atoms with E-state index >= 15 is 0 Å². The summed E-state index contributed by atoms with van der Waals surface area (Å²) in [6.45, 7) is 0. The van der Waals surface area contributed by atoms with Gasteiger partial charge in [-0.1, -0.05) is 0 Å². The van der Waals surface area contributed by atoms with Crippen molar-refractivity contribution >= 4 is 5.82 Å². The van der Waals surface area contributed by atoms with Gasteiger partial charge in [0.25, 0.3) is 0 Å². The second kappa shape index (κ2) is 5.20. The number of rotatable bonds is 4. The zero-order chi connectivity index (χ0) is 14.8. The molecule has 0 fully saturated rings. The van der Waals surface area contributed by atoms with E-state index in [1.54, 1.807) is 42.0 Å². The lowest BCUT2D eigenvalue weighted by Crippen LogP contribution is -1.99. The van der Waals surface area contributed by atoms with Gasteiger partial charge in [0.1, 0.15) is 28.7 Å². The molecule has 7 heteroatoms. The lowest BCUT2D eigenvalue weighted by Gasteiger charge is -2.09. The van der Waals surface area contributed by atoms with Gasteiger partial charge in [-0.25, -0.2) is 9.36 Å². The maximum atomic E-state index is 5.62. The summed E-state index contributed by atoms with van der Waals surface area (Å²) < 4.78 is 13.9. The van der Waals surface area contributed by atoms with Crippen LogP contribution < -0.4 is 15.2 Å². The lowest BCUT2D eigenvalue weighted by molar-refractivity contribution is 0.392. The minimum atomic E-state index is 0.463. The minimum Gasteiger partial charge on any atom is -0.497 e. The Labute approximate surface area is 121 Å². The van der Waals surface area contributed by atoms with Crippen LogP contribution in [-0.4, -0.2) is 33.8 Å². The number of nitrogens with two attached hydrogens (primary N) is 1. The molecule has 0 aliphatic carbocycles. The van der Waals surface area contributed by atoms with Gasteiger partial charge in [-0.2, -0.15) is 10.2 Å². The third-order valence-electron chi connectivity index (χ3n) is 3.08. The molecule has 108 valence electrons. The van der Waals surface area contributed by atoms with Crippen molar-refractivity contribution in [3.8, 4) is 22.9 Å². The van der Waals surface area contributed by atoms with Crippen molar-refractivity contribution in [3.05, 3.63) is 42.9 Å². The van der Waals surface area contributed by atoms with Gasteiger partial charge >= 0.3 is 0 Å². The van der Waals surface area contributed by atoms with Gasteiger partial charge in [0.05, 0.1) is 26.6 Å². The number of methoxy groups -OCH3 is 2. The summed E-state index contributed by atoms with van der Waals surface area (Å²) in [7, 11) is 3.22. The highest BCUT2D eigenvalue weighted by Gasteiger charge is 2.10. The Hall–Kier alpha value is -2.96. The van der Waals surface area contributed by atoms with Crippen LogP contribution in [0.25, 0.3) is 11.4 Å². The van der Waals surface area contributed by atoms with Crippen LogP contribution in [0.2, 0.25) is 0 Å². The monoisotopic (exact) mass is 285 g/mol. The highest BCUT2D eigenvalue weighted by Crippen LogP contribution is 2.27. The fourth-order valence-electron chi connectivity index (χ4n) is 2.02. The molecule has 0 bridgehead atoms. The number of anilines is 1. The molecule has 0 atom stereocenters. The van der Waals surface area contributed by atoms with Gasteiger partial charge in [0.2, 0.25) is 0 Å². The number of nitrogen functional groups attached to an aromatic ring is 1. The summed E-state index contributed by atoms with van der Waals surface area (Å²) in [6, 6.07) is 7.27. The van der Waals surface area contributed by atoms with Gasteiger partial charge < -0.3 is 15.2 Å². The molecule has 0 aliphatic heterocycles. The molecule has 0 amide bonds. The standard InChI is InChI=1S/C14H15N5O2/c1-20-11-3-4-12(13(7-11)21-2)19-9-10(8-16-19)18-6-5-14(15)17-18/h3-9H,1-2H3,(H2,15,17). The van der Waals surface area contributed by atoms with Gasteiger partial charge in [-0.15, -0.1) is 0 Å². The maximum Gasteiger partial charge on any atom is 0.148 e. The minimum absolute atomic E-state index is 0.463. The second-order valence-corrected chi connectivity index (χ2v) is 4.37. The summed E-state index contributed by atoms with van der Waals surface area (Å²) in [6.07, 6.45) is 5.33. The topological polar surface area (TPSA) is 80.1 Å². The molecule has 0 saturated carbocycles. The number of nitrogens with zero attached hydrogens (tertiary/aromatic N) is 4. The first-order chi connectivity index (χ1) is 10.2. The van der Waals surface area contributed by atoms with Crippen molar-refractivity contribution in [1.82, 2.24) is 19.6 Å². The van der Waals surface area contributed by atoms with Gasteiger partial charge in [0, 0.05) is 18.3 Å². The molecule has 2 N–H and O–H groups in total. The van der Waals surface area contributed by atoms with Crippen molar-refractivity contribution in [3.63, 3.8) is 0 Å². The Morgan fingerprint density at radius 3 is 2.62 bits per heavy atom. The summed E-state index contributed by atoms with van der Waals surface area (Å²) in [5, 5.41) is 8.48. The van der Waals surface area contributed by atoms with E-state index in [0.29, 0.717) is 11.6 Å². The van der Waals surface area contributed by atoms with E-state index in [-0.39, 0.29) is 0 Å². The molecular weight excluding hydrogens is 270 g/mol. The molecule has 2 heterocycles. The zero-order valence-electron chi connectivity index (χ0n) is 11.7. The summed E-state index contributed by atoms with van der Waals surface area (Å²) in [5.74, 6) is 1.86. The highest BCUT2D eigenvalue weighted by molar-refractivity contribution is 5.51. The first-order valence-electron chi connectivity index (χ1n) is 6.30. The Morgan fingerprint density at radius 1 is 1.10 bits per heavy atom. The number of benzene rings is 1. The van der Waals surface area contributed by atoms with Crippen molar-refractivity contribution in [1.29, 1.82) is 0 Å². The molecule has 0 unspecified atom stereocenters. The van der Waals surface area contributed by atoms with Gasteiger partial charge in [-0.3, -0.25) is 0 Å². The van der Waals surface area contributed by atoms with E-state index in [4.69, 9.17) is 15.2 Å². The van der Waals surface area contributed by atoms with E-state index in [1.165, 1.54) is 0 Å². The molecule has 21 heavy (non-hydrogen) atoms. The molecule has 0 radical (unpaired) electrons. The van der Waals surface area contributed by atoms with Crippen molar-refractivity contribution in [2.24, 2.45) is 0 Å². The van der Waals surface area contributed by atoms with Gasteiger partial charge in [0.15, 0.2) is 0 Å². The molecule has 0 spiro atoms. The van der Waals surface area contributed by atoms with Crippen LogP contribution in [0.15, 0.2) is 42.9 Å². The Morgan fingerprint density at radius 2 is 1.95 bits per heavy atom. The van der Waals surface area contributed by atoms with Crippen LogP contribution in [-0.2, 0) is 0 Å².